The Morgan fingerprint density at radius 3 is 2.95 bits per heavy atom. The van der Waals surface area contributed by atoms with E-state index in [1.165, 1.54) is 11.3 Å². The van der Waals surface area contributed by atoms with E-state index in [4.69, 9.17) is 11.6 Å². The highest BCUT2D eigenvalue weighted by Gasteiger charge is 2.55. The average molecular weight is 343 g/mol. The van der Waals surface area contributed by atoms with Gasteiger partial charge in [-0.2, -0.15) is 0 Å². The summed E-state index contributed by atoms with van der Waals surface area (Å²) in [5.74, 6) is -0.648. The third-order valence-electron chi connectivity index (χ3n) is 4.86. The smallest absolute Gasteiger partial charge is 0.317 e. The molecule has 3 rings (SSSR count). The lowest BCUT2D eigenvalue weighted by Gasteiger charge is -2.23. The van der Waals surface area contributed by atoms with Gasteiger partial charge in [-0.05, 0) is 37.3 Å². The summed E-state index contributed by atoms with van der Waals surface area (Å²) in [5, 5.41) is 12.4. The van der Waals surface area contributed by atoms with Crippen LogP contribution in [0.5, 0.6) is 0 Å². The summed E-state index contributed by atoms with van der Waals surface area (Å²) >= 11 is 7.38. The maximum absolute atomic E-state index is 12.2. The highest BCUT2D eigenvalue weighted by Crippen LogP contribution is 2.48. The van der Waals surface area contributed by atoms with Crippen LogP contribution >= 0.6 is 22.9 Å². The molecule has 0 unspecified atom stereocenters. The summed E-state index contributed by atoms with van der Waals surface area (Å²) < 4.78 is 0.747. The van der Waals surface area contributed by atoms with Crippen molar-refractivity contribution in [2.45, 2.75) is 25.7 Å². The summed E-state index contributed by atoms with van der Waals surface area (Å²) in [7, 11) is 0. The van der Waals surface area contributed by atoms with Gasteiger partial charge in [0.1, 0.15) is 0 Å². The molecule has 22 heavy (non-hydrogen) atoms. The lowest BCUT2D eigenvalue weighted by atomic mass is 9.81. The minimum Gasteiger partial charge on any atom is -0.481 e. The maximum atomic E-state index is 12.2. The number of thiophene rings is 1. The number of carbonyl (C=O) groups excluding carboxylic acids is 1. The van der Waals surface area contributed by atoms with Crippen molar-refractivity contribution >= 4 is 34.9 Å². The Hall–Kier alpha value is -1.27. The zero-order chi connectivity index (χ0) is 15.7. The third-order valence-corrected chi connectivity index (χ3v) is 6.15. The second kappa shape index (κ2) is 6.08. The second-order valence-electron chi connectivity index (χ2n) is 6.12. The molecule has 0 spiro atoms. The van der Waals surface area contributed by atoms with Gasteiger partial charge in [0.2, 0.25) is 0 Å². The van der Waals surface area contributed by atoms with Crippen LogP contribution in [0.1, 0.15) is 24.1 Å². The molecule has 2 fully saturated rings. The molecule has 120 valence electrons. The number of aliphatic carboxylic acids is 1. The summed E-state index contributed by atoms with van der Waals surface area (Å²) in [5.41, 5.74) is -0.710. The molecule has 1 aliphatic heterocycles. The number of rotatable bonds is 4. The molecule has 2 aliphatic rings. The Labute approximate surface area is 138 Å². The SMILES string of the molecule is O=C(NCCc1ccc(Cl)s1)N1C[C@@H]2CCC[C@@]2(C(=O)O)C1. The predicted octanol–water partition coefficient (Wildman–Crippen LogP) is 2.84. The fourth-order valence-electron chi connectivity index (χ4n) is 3.68. The Morgan fingerprint density at radius 1 is 1.50 bits per heavy atom. The fraction of sp³-hybridized carbons (Fsp3) is 0.600. The number of urea groups is 1. The zero-order valence-electron chi connectivity index (χ0n) is 12.2. The quantitative estimate of drug-likeness (QED) is 0.884. The molecule has 0 bridgehead atoms. The van der Waals surface area contributed by atoms with Gasteiger partial charge in [0.25, 0.3) is 0 Å². The highest BCUT2D eigenvalue weighted by atomic mass is 35.5. The summed E-state index contributed by atoms with van der Waals surface area (Å²) in [6.45, 7) is 1.43. The van der Waals surface area contributed by atoms with Gasteiger partial charge in [0, 0.05) is 24.5 Å². The number of carbonyl (C=O) groups is 2. The number of amides is 2. The molecule has 1 aromatic heterocycles. The van der Waals surface area contributed by atoms with Gasteiger partial charge in [-0.1, -0.05) is 18.0 Å². The van der Waals surface area contributed by atoms with Crippen molar-refractivity contribution in [2.75, 3.05) is 19.6 Å². The van der Waals surface area contributed by atoms with Gasteiger partial charge >= 0.3 is 12.0 Å². The molecular weight excluding hydrogens is 324 g/mol. The zero-order valence-corrected chi connectivity index (χ0v) is 13.8. The number of nitrogens with one attached hydrogen (secondary N) is 1. The van der Waals surface area contributed by atoms with E-state index in [0.717, 1.165) is 28.5 Å². The summed E-state index contributed by atoms with van der Waals surface area (Å²) in [6.07, 6.45) is 3.28. The van der Waals surface area contributed by atoms with E-state index < -0.39 is 11.4 Å². The maximum Gasteiger partial charge on any atom is 0.317 e. The molecule has 2 amide bonds. The van der Waals surface area contributed by atoms with Crippen LogP contribution < -0.4 is 5.32 Å². The monoisotopic (exact) mass is 342 g/mol. The first-order chi connectivity index (χ1) is 10.5. The molecule has 1 aromatic rings. The van der Waals surface area contributed by atoms with Crippen LogP contribution in [-0.2, 0) is 11.2 Å². The number of hydrogen-bond donors (Lipinski definition) is 2. The minimum atomic E-state index is -0.751. The molecule has 2 N–H and O–H groups in total. The van der Waals surface area contributed by atoms with Gasteiger partial charge < -0.3 is 15.3 Å². The van der Waals surface area contributed by atoms with Gasteiger partial charge in [0.15, 0.2) is 0 Å². The molecule has 1 aliphatic carbocycles. The molecule has 2 heterocycles. The Bertz CT molecular complexity index is 591. The van der Waals surface area contributed by atoms with Gasteiger partial charge in [0.05, 0.1) is 9.75 Å². The standard InChI is InChI=1S/C15H19ClN2O3S/c16-12-4-3-11(22-12)5-7-17-14(21)18-8-10-2-1-6-15(10,9-18)13(19)20/h3-4,10H,1-2,5-9H2,(H,17,21)(H,19,20)/t10-,15+/m0/s1. The van der Waals surface area contributed by atoms with Crippen molar-refractivity contribution < 1.29 is 14.7 Å². The van der Waals surface area contributed by atoms with Gasteiger partial charge in [-0.15, -0.1) is 11.3 Å². The van der Waals surface area contributed by atoms with E-state index in [1.54, 1.807) is 4.90 Å². The first kappa shape index (κ1) is 15.6. The van der Waals surface area contributed by atoms with E-state index in [9.17, 15) is 14.7 Å². The Balaban J connectivity index is 1.52. The number of nitrogens with zero attached hydrogens (tertiary/aromatic N) is 1. The van der Waals surface area contributed by atoms with E-state index >= 15 is 0 Å². The molecule has 1 saturated carbocycles. The van der Waals surface area contributed by atoms with Gasteiger partial charge in [-0.3, -0.25) is 4.79 Å². The van der Waals surface area contributed by atoms with Gasteiger partial charge in [-0.25, -0.2) is 4.79 Å². The average Bonchev–Trinajstić information content (AvgIpc) is 3.12. The topological polar surface area (TPSA) is 69.6 Å². The van der Waals surface area contributed by atoms with Crippen molar-refractivity contribution in [3.63, 3.8) is 0 Å². The van der Waals surface area contributed by atoms with E-state index in [-0.39, 0.29) is 11.9 Å². The van der Waals surface area contributed by atoms with Crippen LogP contribution in [0.2, 0.25) is 4.34 Å². The first-order valence-electron chi connectivity index (χ1n) is 7.52. The van der Waals surface area contributed by atoms with Crippen molar-refractivity contribution in [3.8, 4) is 0 Å². The molecule has 2 atom stereocenters. The van der Waals surface area contributed by atoms with Crippen LogP contribution in [0.3, 0.4) is 0 Å². The molecule has 5 nitrogen and oxygen atoms in total. The molecule has 1 saturated heterocycles. The molecule has 7 heteroatoms. The van der Waals surface area contributed by atoms with Crippen molar-refractivity contribution in [1.82, 2.24) is 10.2 Å². The molecule has 0 radical (unpaired) electrons. The summed E-state index contributed by atoms with van der Waals surface area (Å²) in [4.78, 5) is 26.6. The van der Waals surface area contributed by atoms with Crippen molar-refractivity contribution in [2.24, 2.45) is 11.3 Å². The van der Waals surface area contributed by atoms with Crippen molar-refractivity contribution in [3.05, 3.63) is 21.3 Å². The lowest BCUT2D eigenvalue weighted by molar-refractivity contribution is -0.149. The third kappa shape index (κ3) is 2.82. The van der Waals surface area contributed by atoms with Crippen LogP contribution in [0, 0.1) is 11.3 Å². The van der Waals surface area contributed by atoms with Crippen LogP contribution in [-0.4, -0.2) is 41.6 Å². The number of carboxylic acids is 1. The van der Waals surface area contributed by atoms with Crippen LogP contribution in [0.15, 0.2) is 12.1 Å². The Kier molecular flexibility index (Phi) is 4.32. The fourth-order valence-corrected chi connectivity index (χ4v) is 4.77. The number of likely N-dealkylation sites (tertiary alicyclic amines) is 1. The highest BCUT2D eigenvalue weighted by molar-refractivity contribution is 7.16. The van der Waals surface area contributed by atoms with E-state index in [0.29, 0.717) is 26.1 Å². The molecular formula is C15H19ClN2O3S. The molecule has 0 aromatic carbocycles. The Morgan fingerprint density at radius 2 is 2.32 bits per heavy atom. The number of carboxylic acid groups (broad SMARTS) is 1. The first-order valence-corrected chi connectivity index (χ1v) is 8.71. The van der Waals surface area contributed by atoms with E-state index in [2.05, 4.69) is 5.32 Å². The van der Waals surface area contributed by atoms with E-state index in [1.807, 2.05) is 12.1 Å². The van der Waals surface area contributed by atoms with Crippen LogP contribution in [0.4, 0.5) is 4.79 Å². The number of hydrogen-bond acceptors (Lipinski definition) is 3. The second-order valence-corrected chi connectivity index (χ2v) is 7.92. The minimum absolute atomic E-state index is 0.104. The van der Waals surface area contributed by atoms with Crippen LogP contribution in [0.25, 0.3) is 0 Å². The number of fused-ring (bicyclic) bond motifs is 1. The number of halogens is 1. The summed E-state index contributed by atoms with van der Waals surface area (Å²) in [6, 6.07) is 3.65. The largest absolute Gasteiger partial charge is 0.481 e. The van der Waals surface area contributed by atoms with Crippen molar-refractivity contribution in [1.29, 1.82) is 0 Å². The predicted molar refractivity (Wildman–Crippen MR) is 85.4 cm³/mol. The normalized spacial score (nSPS) is 27.0. The lowest BCUT2D eigenvalue weighted by Crippen LogP contribution is -2.42.